The lowest BCUT2D eigenvalue weighted by Gasteiger charge is -2.12. The first-order valence-corrected chi connectivity index (χ1v) is 7.86. The van der Waals surface area contributed by atoms with Crippen molar-refractivity contribution in [2.75, 3.05) is 0 Å². The molecule has 7 nitrogen and oxygen atoms in total. The normalized spacial score (nSPS) is 11.6. The molecule has 0 amide bonds. The third kappa shape index (κ3) is 3.35. The van der Waals surface area contributed by atoms with E-state index in [0.717, 1.165) is 0 Å². The van der Waals surface area contributed by atoms with Crippen LogP contribution in [0.15, 0.2) is 26.0 Å². The van der Waals surface area contributed by atoms with Crippen molar-refractivity contribution < 1.29 is 17.7 Å². The molecular weight excluding hydrogens is 350 g/mol. The standard InChI is InChI=1S/C11H12BrN3O4S/c1-6-3-8(12)4-9(20(13,16)17)11(6)18-5-10-14-7(2)19-15-10/h3-4H,5H2,1-2H3,(H2,13,16,17). The molecule has 1 aromatic carbocycles. The Morgan fingerprint density at radius 2 is 2.10 bits per heavy atom. The Hall–Kier alpha value is -1.45. The molecule has 0 aliphatic rings. The molecule has 0 saturated carbocycles. The molecule has 2 rings (SSSR count). The zero-order chi connectivity index (χ0) is 14.9. The predicted octanol–water partition coefficient (Wildman–Crippen LogP) is 1.68. The summed E-state index contributed by atoms with van der Waals surface area (Å²) in [4.78, 5) is 3.88. The van der Waals surface area contributed by atoms with Crippen LogP contribution in [0.2, 0.25) is 0 Å². The van der Waals surface area contributed by atoms with Gasteiger partial charge in [-0.1, -0.05) is 21.1 Å². The maximum atomic E-state index is 11.6. The molecule has 0 atom stereocenters. The topological polar surface area (TPSA) is 108 Å². The average Bonchev–Trinajstić information content (AvgIpc) is 2.72. The fourth-order valence-electron chi connectivity index (χ4n) is 1.63. The van der Waals surface area contributed by atoms with Crippen LogP contribution in [0.4, 0.5) is 0 Å². The van der Waals surface area contributed by atoms with Crippen molar-refractivity contribution in [2.24, 2.45) is 5.14 Å². The fraction of sp³-hybridized carbons (Fsp3) is 0.273. The smallest absolute Gasteiger partial charge is 0.241 e. The van der Waals surface area contributed by atoms with Gasteiger partial charge in [0.05, 0.1) is 0 Å². The molecule has 2 N–H and O–H groups in total. The molecule has 0 fully saturated rings. The number of aromatic nitrogens is 2. The highest BCUT2D eigenvalue weighted by Crippen LogP contribution is 2.31. The maximum absolute atomic E-state index is 11.6. The average molecular weight is 362 g/mol. The van der Waals surface area contributed by atoms with Crippen LogP contribution in [0.25, 0.3) is 0 Å². The number of rotatable bonds is 4. The molecule has 1 aromatic heterocycles. The summed E-state index contributed by atoms with van der Waals surface area (Å²) in [5.74, 6) is 0.908. The van der Waals surface area contributed by atoms with Crippen LogP contribution in [-0.4, -0.2) is 18.6 Å². The van der Waals surface area contributed by atoms with E-state index in [0.29, 0.717) is 21.8 Å². The van der Waals surface area contributed by atoms with E-state index >= 15 is 0 Å². The summed E-state index contributed by atoms with van der Waals surface area (Å²) >= 11 is 3.22. The van der Waals surface area contributed by atoms with Crippen LogP contribution in [-0.2, 0) is 16.6 Å². The van der Waals surface area contributed by atoms with Gasteiger partial charge in [-0.15, -0.1) is 0 Å². The van der Waals surface area contributed by atoms with E-state index < -0.39 is 10.0 Å². The molecule has 0 unspecified atom stereocenters. The number of nitrogens with two attached hydrogens (primary N) is 1. The van der Waals surface area contributed by atoms with Gasteiger partial charge in [0.1, 0.15) is 10.6 Å². The largest absolute Gasteiger partial charge is 0.484 e. The monoisotopic (exact) mass is 361 g/mol. The number of nitrogens with zero attached hydrogens (tertiary/aromatic N) is 2. The zero-order valence-corrected chi connectivity index (χ0v) is 13.2. The summed E-state index contributed by atoms with van der Waals surface area (Å²) in [5.41, 5.74) is 0.628. The van der Waals surface area contributed by atoms with Crippen LogP contribution in [0, 0.1) is 13.8 Å². The number of primary sulfonamides is 1. The highest BCUT2D eigenvalue weighted by atomic mass is 79.9. The fourth-order valence-corrected chi connectivity index (χ4v) is 3.13. The minimum absolute atomic E-state index is 0.0116. The molecule has 0 aliphatic heterocycles. The van der Waals surface area contributed by atoms with Gasteiger partial charge in [-0.25, -0.2) is 13.6 Å². The van der Waals surface area contributed by atoms with E-state index in [-0.39, 0.29) is 17.3 Å². The summed E-state index contributed by atoms with van der Waals surface area (Å²) in [7, 11) is -3.90. The Labute approximate surface area is 124 Å². The number of hydrogen-bond donors (Lipinski definition) is 1. The number of hydrogen-bond acceptors (Lipinski definition) is 6. The highest BCUT2D eigenvalue weighted by molar-refractivity contribution is 9.10. The molecule has 20 heavy (non-hydrogen) atoms. The third-order valence-corrected chi connectivity index (χ3v) is 3.80. The summed E-state index contributed by atoms with van der Waals surface area (Å²) in [5, 5.41) is 8.86. The molecule has 1 heterocycles. The van der Waals surface area contributed by atoms with E-state index in [1.165, 1.54) is 6.07 Å². The second-order valence-corrected chi connectivity index (χ2v) is 6.56. The molecule has 0 radical (unpaired) electrons. The quantitative estimate of drug-likeness (QED) is 0.886. The van der Waals surface area contributed by atoms with Gasteiger partial charge in [0.25, 0.3) is 0 Å². The third-order valence-electron chi connectivity index (χ3n) is 2.43. The lowest BCUT2D eigenvalue weighted by Crippen LogP contribution is -2.15. The van der Waals surface area contributed by atoms with E-state index in [2.05, 4.69) is 26.1 Å². The Kier molecular flexibility index (Phi) is 4.11. The van der Waals surface area contributed by atoms with Gasteiger partial charge in [-0.05, 0) is 24.6 Å². The lowest BCUT2D eigenvalue weighted by atomic mass is 10.2. The number of sulfonamides is 1. The van der Waals surface area contributed by atoms with Crippen molar-refractivity contribution in [2.45, 2.75) is 25.3 Å². The highest BCUT2D eigenvalue weighted by Gasteiger charge is 2.19. The van der Waals surface area contributed by atoms with Gasteiger partial charge in [-0.2, -0.15) is 4.98 Å². The van der Waals surface area contributed by atoms with Gasteiger partial charge in [0.2, 0.25) is 21.7 Å². The second kappa shape index (κ2) is 5.51. The first-order valence-electron chi connectivity index (χ1n) is 5.52. The minimum Gasteiger partial charge on any atom is -0.484 e. The number of benzene rings is 1. The van der Waals surface area contributed by atoms with E-state index in [4.69, 9.17) is 14.4 Å². The SMILES string of the molecule is Cc1nc(COc2c(C)cc(Br)cc2S(N)(=O)=O)no1. The van der Waals surface area contributed by atoms with Gasteiger partial charge >= 0.3 is 0 Å². The second-order valence-electron chi connectivity index (χ2n) is 4.11. The minimum atomic E-state index is -3.90. The first-order chi connectivity index (χ1) is 9.27. The lowest BCUT2D eigenvalue weighted by molar-refractivity contribution is 0.277. The summed E-state index contributed by atoms with van der Waals surface area (Å²) in [6, 6.07) is 3.12. The molecule has 0 spiro atoms. The van der Waals surface area contributed by atoms with Crippen LogP contribution < -0.4 is 9.88 Å². The molecule has 9 heteroatoms. The molecule has 108 valence electrons. The number of halogens is 1. The van der Waals surface area contributed by atoms with Crippen molar-refractivity contribution in [1.82, 2.24) is 10.1 Å². The number of ether oxygens (including phenoxy) is 1. The van der Waals surface area contributed by atoms with Gasteiger partial charge < -0.3 is 9.26 Å². The molecular formula is C11H12BrN3O4S. The van der Waals surface area contributed by atoms with Crippen molar-refractivity contribution in [3.63, 3.8) is 0 Å². The maximum Gasteiger partial charge on any atom is 0.241 e. The van der Waals surface area contributed by atoms with Crippen molar-refractivity contribution in [3.05, 3.63) is 33.9 Å². The molecule has 0 saturated heterocycles. The molecule has 2 aromatic rings. The van der Waals surface area contributed by atoms with Crippen molar-refractivity contribution in [1.29, 1.82) is 0 Å². The van der Waals surface area contributed by atoms with Crippen molar-refractivity contribution >= 4 is 26.0 Å². The van der Waals surface area contributed by atoms with Crippen LogP contribution >= 0.6 is 15.9 Å². The van der Waals surface area contributed by atoms with Crippen LogP contribution in [0.1, 0.15) is 17.3 Å². The van der Waals surface area contributed by atoms with E-state index in [1.807, 2.05) is 0 Å². The van der Waals surface area contributed by atoms with E-state index in [1.54, 1.807) is 19.9 Å². The van der Waals surface area contributed by atoms with Crippen LogP contribution in [0.5, 0.6) is 5.75 Å². The summed E-state index contributed by atoms with van der Waals surface area (Å²) in [6.07, 6.45) is 0. The number of aryl methyl sites for hydroxylation is 2. The first kappa shape index (κ1) is 14.9. The van der Waals surface area contributed by atoms with E-state index in [9.17, 15) is 8.42 Å². The van der Waals surface area contributed by atoms with Crippen molar-refractivity contribution in [3.8, 4) is 5.75 Å². The predicted molar refractivity (Wildman–Crippen MR) is 73.6 cm³/mol. The van der Waals surface area contributed by atoms with Gasteiger partial charge in [0, 0.05) is 11.4 Å². The Balaban J connectivity index is 2.35. The van der Waals surface area contributed by atoms with Gasteiger partial charge in [-0.3, -0.25) is 0 Å². The Morgan fingerprint density at radius 1 is 1.40 bits per heavy atom. The van der Waals surface area contributed by atoms with Crippen LogP contribution in [0.3, 0.4) is 0 Å². The Bertz CT molecular complexity index is 742. The zero-order valence-electron chi connectivity index (χ0n) is 10.8. The summed E-state index contributed by atoms with van der Waals surface area (Å²) in [6.45, 7) is 3.36. The molecule has 0 aliphatic carbocycles. The molecule has 0 bridgehead atoms. The Morgan fingerprint density at radius 3 is 2.65 bits per heavy atom. The summed E-state index contributed by atoms with van der Waals surface area (Å²) < 4.78 is 34.1. The van der Waals surface area contributed by atoms with Gasteiger partial charge in [0.15, 0.2) is 6.61 Å².